The van der Waals surface area contributed by atoms with Crippen molar-refractivity contribution in [3.63, 3.8) is 0 Å². The first-order valence-corrected chi connectivity index (χ1v) is 33.1. The van der Waals surface area contributed by atoms with Gasteiger partial charge in [-0.3, -0.25) is 0 Å². The summed E-state index contributed by atoms with van der Waals surface area (Å²) in [6.07, 6.45) is 0. The van der Waals surface area contributed by atoms with Gasteiger partial charge in [0.2, 0.25) is 0 Å². The first kappa shape index (κ1) is 25.2. The summed E-state index contributed by atoms with van der Waals surface area (Å²) in [5.41, 5.74) is 0. The Morgan fingerprint density at radius 3 is 0.812 bits per heavy atom. The SMILES string of the molecule is [Cl][Au]=[As](CC[As](=[Au][Cl])(c1ccccc1)c1ccccc1)(c1ccccc1)c1ccccc1. The molecule has 0 saturated heterocycles. The molecule has 0 nitrogen and oxygen atoms in total. The van der Waals surface area contributed by atoms with E-state index in [1.54, 1.807) is 0 Å². The Bertz CT molecular complexity index is 1060. The molecule has 0 unspecified atom stereocenters. The second-order valence-electron chi connectivity index (χ2n) is 7.21. The van der Waals surface area contributed by atoms with Gasteiger partial charge < -0.3 is 0 Å². The van der Waals surface area contributed by atoms with E-state index in [0.717, 1.165) is 0 Å². The topological polar surface area (TPSA) is 0 Å². The number of halogens is 2. The number of benzene rings is 4. The Balaban J connectivity index is 1.87. The number of hydrogen-bond acceptors (Lipinski definition) is 0. The normalized spacial score (nSPS) is 12.2. The zero-order chi connectivity index (χ0) is 22.3. The predicted molar refractivity (Wildman–Crippen MR) is 137 cm³/mol. The third-order valence-electron chi connectivity index (χ3n) is 5.44. The molecule has 0 radical (unpaired) electrons. The molecule has 0 fully saturated rings. The molecule has 4 aromatic rings. The van der Waals surface area contributed by atoms with Gasteiger partial charge in [0.1, 0.15) is 0 Å². The van der Waals surface area contributed by atoms with E-state index in [4.69, 9.17) is 18.4 Å². The van der Waals surface area contributed by atoms with E-state index in [2.05, 4.69) is 121 Å². The molecular formula is C26H24As2Au2Cl2. The molecule has 4 rings (SSSR count). The van der Waals surface area contributed by atoms with Crippen molar-refractivity contribution in [3.8, 4) is 0 Å². The molecule has 0 atom stereocenters. The monoisotopic (exact) mass is 950 g/mol. The summed E-state index contributed by atoms with van der Waals surface area (Å²) in [5.74, 6) is 0. The van der Waals surface area contributed by atoms with Gasteiger partial charge in [0.25, 0.3) is 0 Å². The second kappa shape index (κ2) is 12.1. The van der Waals surface area contributed by atoms with Crippen LogP contribution in [0.4, 0.5) is 0 Å². The standard InChI is InChI=1S/C26H24As2.2Au.2ClH/c1-5-13-23(14-6-1)27(24-15-7-2-8-16-24)21-22-28(25-17-9-3-10-18-25)26-19-11-4-12-20-26;;;;/h1-20H,21-22H2;;;2*1H/q;2*+1;;/p-2. The van der Waals surface area contributed by atoms with Crippen LogP contribution in [0.25, 0.3) is 0 Å². The fourth-order valence-corrected chi connectivity index (χ4v) is 59.0. The molecule has 32 heavy (non-hydrogen) atoms. The average Bonchev–Trinajstić information content (AvgIpc) is 2.89. The molecule has 0 bridgehead atoms. The molecule has 174 valence electrons. The summed E-state index contributed by atoms with van der Waals surface area (Å²) in [5, 5.41) is 2.38. The van der Waals surface area contributed by atoms with Crippen LogP contribution in [0.2, 0.25) is 10.4 Å². The summed E-state index contributed by atoms with van der Waals surface area (Å²) in [7, 11) is 9.04. The Morgan fingerprint density at radius 2 is 0.625 bits per heavy atom. The Morgan fingerprint density at radius 1 is 0.406 bits per heavy atom. The van der Waals surface area contributed by atoms with E-state index in [9.17, 15) is 0 Å². The van der Waals surface area contributed by atoms with Crippen LogP contribution in [0.5, 0.6) is 0 Å². The van der Waals surface area contributed by atoms with E-state index in [-0.39, 0.29) is 31.4 Å². The zero-order valence-electron chi connectivity index (χ0n) is 17.2. The van der Waals surface area contributed by atoms with Crippen LogP contribution in [0, 0.1) is 0 Å². The molecule has 0 aliphatic rings. The minimum absolute atomic E-state index is 0.327. The minimum atomic E-state index is -2.50. The van der Waals surface area contributed by atoms with Gasteiger partial charge in [-0.15, -0.1) is 0 Å². The quantitative estimate of drug-likeness (QED) is 0.230. The van der Waals surface area contributed by atoms with Gasteiger partial charge in [0, 0.05) is 0 Å². The van der Waals surface area contributed by atoms with Crippen molar-refractivity contribution in [2.75, 3.05) is 0 Å². The summed E-state index contributed by atoms with van der Waals surface area (Å²) in [6, 6.07) is 44.5. The van der Waals surface area contributed by atoms with Crippen molar-refractivity contribution < 1.29 is 31.4 Å². The zero-order valence-corrected chi connectivity index (χ0v) is 26.8. The molecule has 0 aromatic heterocycles. The fraction of sp³-hybridized carbons (Fsp3) is 0.0769. The molecule has 0 spiro atoms. The van der Waals surface area contributed by atoms with E-state index >= 15 is 0 Å². The van der Waals surface area contributed by atoms with Crippen LogP contribution in [-0.4, -0.2) is 20.0 Å². The third-order valence-corrected chi connectivity index (χ3v) is 58.2. The van der Waals surface area contributed by atoms with E-state index in [1.165, 1.54) is 27.8 Å². The van der Waals surface area contributed by atoms with Gasteiger partial charge in [0.15, 0.2) is 0 Å². The molecule has 4 aromatic carbocycles. The van der Waals surface area contributed by atoms with Crippen molar-refractivity contribution in [1.82, 2.24) is 0 Å². The van der Waals surface area contributed by atoms with Crippen LogP contribution >= 0.6 is 18.4 Å². The van der Waals surface area contributed by atoms with Crippen molar-refractivity contribution >= 4 is 55.7 Å². The van der Waals surface area contributed by atoms with Gasteiger partial charge in [0.05, 0.1) is 0 Å². The van der Waals surface area contributed by atoms with Crippen LogP contribution < -0.4 is 17.4 Å². The van der Waals surface area contributed by atoms with E-state index in [0.29, 0.717) is 0 Å². The fourth-order valence-electron chi connectivity index (χ4n) is 3.86. The molecule has 0 aliphatic heterocycles. The maximum atomic E-state index is 7.03. The Labute approximate surface area is 216 Å². The second-order valence-corrected chi connectivity index (χ2v) is 49.0. The molecular weight excluding hydrogens is 927 g/mol. The summed E-state index contributed by atoms with van der Waals surface area (Å²) in [6.45, 7) is 0. The molecule has 0 N–H and O–H groups in total. The van der Waals surface area contributed by atoms with Gasteiger partial charge in [-0.05, 0) is 0 Å². The van der Waals surface area contributed by atoms with E-state index < -0.39 is 20.0 Å². The van der Waals surface area contributed by atoms with Crippen molar-refractivity contribution in [2.45, 2.75) is 10.4 Å². The van der Waals surface area contributed by atoms with Gasteiger partial charge >= 0.3 is 219 Å². The van der Waals surface area contributed by atoms with Crippen LogP contribution in [0.15, 0.2) is 121 Å². The molecule has 0 amide bonds. The van der Waals surface area contributed by atoms with Crippen LogP contribution in [0.3, 0.4) is 0 Å². The van der Waals surface area contributed by atoms with Gasteiger partial charge in [-0.2, -0.15) is 0 Å². The van der Waals surface area contributed by atoms with Crippen molar-refractivity contribution in [2.24, 2.45) is 0 Å². The van der Waals surface area contributed by atoms with E-state index in [1.807, 2.05) is 0 Å². The predicted octanol–water partition coefficient (Wildman–Crippen LogP) is 4.98. The molecule has 0 saturated carbocycles. The van der Waals surface area contributed by atoms with Crippen molar-refractivity contribution in [1.29, 1.82) is 0 Å². The molecule has 0 aliphatic carbocycles. The Hall–Kier alpha value is 0.0574. The van der Waals surface area contributed by atoms with Crippen LogP contribution in [-0.2, 0) is 31.4 Å². The molecule has 6 heteroatoms. The molecule has 0 heterocycles. The summed E-state index contributed by atoms with van der Waals surface area (Å²) < 4.78 is 5.98. The third kappa shape index (κ3) is 5.32. The summed E-state index contributed by atoms with van der Waals surface area (Å²) >= 11 is -0.653. The first-order valence-electron chi connectivity index (χ1n) is 10.2. The van der Waals surface area contributed by atoms with Crippen molar-refractivity contribution in [3.05, 3.63) is 121 Å². The number of hydrogen-bond donors (Lipinski definition) is 0. The summed E-state index contributed by atoms with van der Waals surface area (Å²) in [4.78, 5) is 0. The number of rotatable bonds is 7. The first-order chi connectivity index (χ1) is 15.7. The van der Waals surface area contributed by atoms with Crippen LogP contribution in [0.1, 0.15) is 0 Å². The maximum absolute atomic E-state index is 7.03. The average molecular weight is 951 g/mol. The van der Waals surface area contributed by atoms with Gasteiger partial charge in [-0.25, -0.2) is 0 Å². The van der Waals surface area contributed by atoms with Gasteiger partial charge in [-0.1, -0.05) is 0 Å². The Kier molecular flexibility index (Phi) is 9.55.